The molecule has 1 aromatic carbocycles. The van der Waals surface area contributed by atoms with Crippen LogP contribution in [0.25, 0.3) is 0 Å². The van der Waals surface area contributed by atoms with Gasteiger partial charge in [0.2, 0.25) is 0 Å². The summed E-state index contributed by atoms with van der Waals surface area (Å²) in [6.07, 6.45) is 0.962. The van der Waals surface area contributed by atoms with Gasteiger partial charge < -0.3 is 5.73 Å². The van der Waals surface area contributed by atoms with Gasteiger partial charge in [0.25, 0.3) is 0 Å². The largest absolute Gasteiger partial charge is 0.324 e. The SMILES string of the molecule is CC(F)C(c1cccc(Br)c1)C1(N)CC1. The zero-order valence-electron chi connectivity index (χ0n) is 8.71. The van der Waals surface area contributed by atoms with E-state index in [4.69, 9.17) is 5.73 Å². The van der Waals surface area contributed by atoms with Crippen molar-refractivity contribution in [3.63, 3.8) is 0 Å². The molecule has 0 heterocycles. The van der Waals surface area contributed by atoms with Crippen LogP contribution in [-0.4, -0.2) is 11.7 Å². The maximum Gasteiger partial charge on any atom is 0.106 e. The van der Waals surface area contributed by atoms with Crippen LogP contribution in [0.4, 0.5) is 4.39 Å². The highest BCUT2D eigenvalue weighted by Gasteiger charge is 2.48. The van der Waals surface area contributed by atoms with Gasteiger partial charge in [-0.3, -0.25) is 0 Å². The quantitative estimate of drug-likeness (QED) is 0.896. The maximum absolute atomic E-state index is 13.6. The van der Waals surface area contributed by atoms with Gasteiger partial charge in [0.15, 0.2) is 0 Å². The molecular weight excluding hydrogens is 257 g/mol. The van der Waals surface area contributed by atoms with Crippen LogP contribution in [0.15, 0.2) is 28.7 Å². The number of rotatable bonds is 3. The molecule has 0 spiro atoms. The van der Waals surface area contributed by atoms with Crippen LogP contribution in [0.5, 0.6) is 0 Å². The third-order valence-electron chi connectivity index (χ3n) is 3.11. The zero-order chi connectivity index (χ0) is 11.1. The molecule has 1 fully saturated rings. The first-order valence-electron chi connectivity index (χ1n) is 5.21. The van der Waals surface area contributed by atoms with E-state index in [-0.39, 0.29) is 11.5 Å². The summed E-state index contributed by atoms with van der Waals surface area (Å²) in [4.78, 5) is 0. The van der Waals surface area contributed by atoms with Gasteiger partial charge >= 0.3 is 0 Å². The van der Waals surface area contributed by atoms with Gasteiger partial charge in [0, 0.05) is 15.9 Å². The summed E-state index contributed by atoms with van der Waals surface area (Å²) in [5.41, 5.74) is 6.81. The van der Waals surface area contributed by atoms with E-state index in [0.717, 1.165) is 22.9 Å². The third-order valence-corrected chi connectivity index (χ3v) is 3.61. The van der Waals surface area contributed by atoms with Crippen LogP contribution >= 0.6 is 15.9 Å². The van der Waals surface area contributed by atoms with Gasteiger partial charge in [0.05, 0.1) is 0 Å². The van der Waals surface area contributed by atoms with Crippen molar-refractivity contribution in [3.8, 4) is 0 Å². The van der Waals surface area contributed by atoms with E-state index < -0.39 is 6.17 Å². The summed E-state index contributed by atoms with van der Waals surface area (Å²) in [6, 6.07) is 7.80. The van der Waals surface area contributed by atoms with Gasteiger partial charge in [-0.1, -0.05) is 28.1 Å². The first-order chi connectivity index (χ1) is 7.03. The summed E-state index contributed by atoms with van der Waals surface area (Å²) in [6.45, 7) is 1.60. The molecule has 82 valence electrons. The molecule has 2 N–H and O–H groups in total. The summed E-state index contributed by atoms with van der Waals surface area (Å²) in [5, 5.41) is 0. The second-order valence-electron chi connectivity index (χ2n) is 4.44. The number of benzene rings is 1. The van der Waals surface area contributed by atoms with Gasteiger partial charge in [-0.25, -0.2) is 4.39 Å². The highest BCUT2D eigenvalue weighted by atomic mass is 79.9. The summed E-state index contributed by atoms with van der Waals surface area (Å²) in [7, 11) is 0. The Kier molecular flexibility index (Phi) is 2.86. The van der Waals surface area contributed by atoms with E-state index in [9.17, 15) is 4.39 Å². The van der Waals surface area contributed by atoms with Gasteiger partial charge in [0.1, 0.15) is 6.17 Å². The first-order valence-corrected chi connectivity index (χ1v) is 6.01. The molecule has 1 aromatic rings. The van der Waals surface area contributed by atoms with Gasteiger partial charge in [-0.15, -0.1) is 0 Å². The van der Waals surface area contributed by atoms with E-state index >= 15 is 0 Å². The van der Waals surface area contributed by atoms with E-state index in [1.54, 1.807) is 6.92 Å². The Hall–Kier alpha value is -0.410. The molecule has 1 saturated carbocycles. The van der Waals surface area contributed by atoms with Crippen LogP contribution < -0.4 is 5.73 Å². The average Bonchev–Trinajstić information content (AvgIpc) is 2.83. The van der Waals surface area contributed by atoms with Crippen molar-refractivity contribution in [2.45, 2.75) is 37.4 Å². The predicted molar refractivity (Wildman–Crippen MR) is 63.6 cm³/mol. The highest BCUT2D eigenvalue weighted by molar-refractivity contribution is 9.10. The smallest absolute Gasteiger partial charge is 0.106 e. The molecule has 2 rings (SSSR count). The topological polar surface area (TPSA) is 26.0 Å². The Morgan fingerprint density at radius 2 is 2.13 bits per heavy atom. The van der Waals surface area contributed by atoms with E-state index in [2.05, 4.69) is 15.9 Å². The lowest BCUT2D eigenvalue weighted by molar-refractivity contribution is 0.269. The van der Waals surface area contributed by atoms with Crippen molar-refractivity contribution >= 4 is 15.9 Å². The summed E-state index contributed by atoms with van der Waals surface area (Å²) in [5.74, 6) is -0.171. The fourth-order valence-corrected chi connectivity index (χ4v) is 2.63. The van der Waals surface area contributed by atoms with E-state index in [0.29, 0.717) is 0 Å². The monoisotopic (exact) mass is 271 g/mol. The number of nitrogens with two attached hydrogens (primary N) is 1. The molecule has 1 nitrogen and oxygen atoms in total. The number of hydrogen-bond acceptors (Lipinski definition) is 1. The lowest BCUT2D eigenvalue weighted by atomic mass is 9.86. The number of halogens is 2. The zero-order valence-corrected chi connectivity index (χ0v) is 10.3. The fraction of sp³-hybridized carbons (Fsp3) is 0.500. The van der Waals surface area contributed by atoms with Crippen LogP contribution in [0.2, 0.25) is 0 Å². The molecule has 2 atom stereocenters. The minimum atomic E-state index is -0.896. The normalized spacial score (nSPS) is 22.1. The maximum atomic E-state index is 13.6. The lowest BCUT2D eigenvalue weighted by Gasteiger charge is -2.25. The Labute approximate surface area is 98.0 Å². The van der Waals surface area contributed by atoms with E-state index in [1.165, 1.54) is 0 Å². The van der Waals surface area contributed by atoms with Crippen molar-refractivity contribution in [3.05, 3.63) is 34.3 Å². The average molecular weight is 272 g/mol. The molecule has 0 amide bonds. The van der Waals surface area contributed by atoms with Crippen LogP contribution in [0.1, 0.15) is 31.2 Å². The van der Waals surface area contributed by atoms with Crippen LogP contribution in [0.3, 0.4) is 0 Å². The Morgan fingerprint density at radius 3 is 2.60 bits per heavy atom. The van der Waals surface area contributed by atoms with Crippen LogP contribution in [0, 0.1) is 0 Å². The molecular formula is C12H15BrFN. The fourth-order valence-electron chi connectivity index (χ4n) is 2.21. The lowest BCUT2D eigenvalue weighted by Crippen LogP contribution is -2.35. The molecule has 0 aliphatic heterocycles. The van der Waals surface area contributed by atoms with Gasteiger partial charge in [-0.2, -0.15) is 0 Å². The molecule has 3 heteroatoms. The third kappa shape index (κ3) is 2.23. The standard InChI is InChI=1S/C12H15BrFN/c1-8(14)11(12(15)5-6-12)9-3-2-4-10(13)7-9/h2-4,7-8,11H,5-6,15H2,1H3. The molecule has 0 bridgehead atoms. The highest BCUT2D eigenvalue weighted by Crippen LogP contribution is 2.47. The molecule has 0 aromatic heterocycles. The first kappa shape index (κ1) is 11.1. The second kappa shape index (κ2) is 3.87. The molecule has 2 unspecified atom stereocenters. The minimum absolute atomic E-state index is 0.171. The Balaban J connectivity index is 2.33. The molecule has 0 saturated heterocycles. The molecule has 1 aliphatic carbocycles. The minimum Gasteiger partial charge on any atom is -0.324 e. The number of alkyl halides is 1. The second-order valence-corrected chi connectivity index (χ2v) is 5.36. The summed E-state index contributed by atoms with van der Waals surface area (Å²) >= 11 is 3.40. The molecule has 1 aliphatic rings. The predicted octanol–water partition coefficient (Wildman–Crippen LogP) is 3.38. The number of hydrogen-bond donors (Lipinski definition) is 1. The molecule has 0 radical (unpaired) electrons. The molecule has 15 heavy (non-hydrogen) atoms. The van der Waals surface area contributed by atoms with E-state index in [1.807, 2.05) is 24.3 Å². The van der Waals surface area contributed by atoms with Crippen LogP contribution in [-0.2, 0) is 0 Å². The Bertz CT molecular complexity index is 360. The van der Waals surface area contributed by atoms with Crippen molar-refractivity contribution in [1.82, 2.24) is 0 Å². The van der Waals surface area contributed by atoms with Crippen molar-refractivity contribution in [2.75, 3.05) is 0 Å². The van der Waals surface area contributed by atoms with Crippen molar-refractivity contribution < 1.29 is 4.39 Å². The summed E-state index contributed by atoms with van der Waals surface area (Å²) < 4.78 is 14.6. The van der Waals surface area contributed by atoms with Crippen molar-refractivity contribution in [2.24, 2.45) is 5.73 Å². The Morgan fingerprint density at radius 1 is 1.47 bits per heavy atom. The van der Waals surface area contributed by atoms with Gasteiger partial charge in [-0.05, 0) is 37.5 Å². The van der Waals surface area contributed by atoms with Crippen molar-refractivity contribution in [1.29, 1.82) is 0 Å².